The van der Waals surface area contributed by atoms with Crippen molar-refractivity contribution in [3.8, 4) is 11.1 Å². The van der Waals surface area contributed by atoms with E-state index in [1.54, 1.807) is 12.1 Å². The number of hydrogen-bond donors (Lipinski definition) is 3. The van der Waals surface area contributed by atoms with Crippen LogP contribution in [0.1, 0.15) is 12.5 Å². The highest BCUT2D eigenvalue weighted by Gasteiger charge is 2.46. The molecule has 146 valence electrons. The molecule has 3 N–H and O–H groups in total. The summed E-state index contributed by atoms with van der Waals surface area (Å²) in [5, 5.41) is 26.7. The molecule has 1 aromatic heterocycles. The third-order valence-electron chi connectivity index (χ3n) is 4.24. The molecule has 2 heterocycles. The maximum Gasteiger partial charge on any atom is 0.405 e. The molecule has 1 aliphatic rings. The van der Waals surface area contributed by atoms with Gasteiger partial charge in [-0.15, -0.1) is 0 Å². The summed E-state index contributed by atoms with van der Waals surface area (Å²) in [6.45, 7) is 1.79. The van der Waals surface area contributed by atoms with E-state index in [1.165, 1.54) is 37.3 Å². The minimum atomic E-state index is -3.26. The lowest BCUT2D eigenvalue weighted by Gasteiger charge is -2.48. The van der Waals surface area contributed by atoms with Gasteiger partial charge in [-0.2, -0.15) is 0 Å². The molecule has 2 aromatic rings. The average Bonchev–Trinajstić information content (AvgIpc) is 2.53. The summed E-state index contributed by atoms with van der Waals surface area (Å²) >= 11 is 0. The predicted molar refractivity (Wildman–Crippen MR) is 91.4 cm³/mol. The van der Waals surface area contributed by atoms with Gasteiger partial charge in [-0.3, -0.25) is 4.74 Å². The molecule has 0 bridgehead atoms. The highest BCUT2D eigenvalue weighted by atomic mass is 19.1. The molecule has 1 aliphatic heterocycles. The molecule has 3 rings (SSSR count). The Morgan fingerprint density at radius 2 is 1.96 bits per heavy atom. The molecule has 1 saturated heterocycles. The molecule has 0 radical (unpaired) electrons. The van der Waals surface area contributed by atoms with Crippen molar-refractivity contribution in [3.05, 3.63) is 47.7 Å². The summed E-state index contributed by atoms with van der Waals surface area (Å²) in [7, 11) is 1.46. The van der Waals surface area contributed by atoms with Gasteiger partial charge in [0.05, 0.1) is 19.7 Å². The Morgan fingerprint density at radius 3 is 2.56 bits per heavy atom. The van der Waals surface area contributed by atoms with Crippen LogP contribution in [0.3, 0.4) is 0 Å². The summed E-state index contributed by atoms with van der Waals surface area (Å²) in [6.07, 6.45) is -1.90. The SMILES string of the molecule is COCc1cccc(-c2cnc(N3CC(C)(OC(O)(O)O)C3)c(F)c2)c1F. The summed E-state index contributed by atoms with van der Waals surface area (Å²) < 4.78 is 38.7. The van der Waals surface area contributed by atoms with E-state index in [9.17, 15) is 8.78 Å². The number of anilines is 1. The summed E-state index contributed by atoms with van der Waals surface area (Å²) in [6, 6.07) is 5.96. The molecule has 0 unspecified atom stereocenters. The zero-order valence-electron chi connectivity index (χ0n) is 14.8. The van der Waals surface area contributed by atoms with Crippen LogP contribution in [-0.2, 0) is 16.1 Å². The third-order valence-corrected chi connectivity index (χ3v) is 4.24. The van der Waals surface area contributed by atoms with Gasteiger partial charge in [0.2, 0.25) is 0 Å². The van der Waals surface area contributed by atoms with E-state index in [0.717, 1.165) is 0 Å². The fraction of sp³-hybridized carbons (Fsp3) is 0.389. The van der Waals surface area contributed by atoms with Crippen LogP contribution in [0.15, 0.2) is 30.5 Å². The first-order chi connectivity index (χ1) is 12.6. The fourth-order valence-corrected chi connectivity index (χ4v) is 3.19. The van der Waals surface area contributed by atoms with Crippen LogP contribution < -0.4 is 4.90 Å². The number of pyridine rings is 1. The van der Waals surface area contributed by atoms with Crippen LogP contribution >= 0.6 is 0 Å². The quantitative estimate of drug-likeness (QED) is 0.649. The Hall–Kier alpha value is -2.17. The average molecular weight is 382 g/mol. The maximum atomic E-state index is 14.5. The number of hydrogen-bond acceptors (Lipinski definition) is 7. The van der Waals surface area contributed by atoms with Gasteiger partial charge in [-0.05, 0) is 13.0 Å². The second-order valence-electron chi connectivity index (χ2n) is 6.72. The first-order valence-corrected chi connectivity index (χ1v) is 8.16. The Kier molecular flexibility index (Phi) is 5.15. The molecular formula is C18H20F2N2O5. The van der Waals surface area contributed by atoms with Crippen LogP contribution in [0, 0.1) is 11.6 Å². The molecule has 0 amide bonds. The minimum Gasteiger partial charge on any atom is -0.380 e. The van der Waals surface area contributed by atoms with E-state index in [1.807, 2.05) is 0 Å². The van der Waals surface area contributed by atoms with Crippen molar-refractivity contribution in [1.29, 1.82) is 0 Å². The van der Waals surface area contributed by atoms with E-state index in [4.69, 9.17) is 24.8 Å². The molecule has 1 aromatic carbocycles. The predicted octanol–water partition coefficient (Wildman–Crippen LogP) is 1.36. The number of rotatable bonds is 6. The number of methoxy groups -OCH3 is 1. The first kappa shape index (κ1) is 19.6. The number of halogens is 2. The molecule has 7 nitrogen and oxygen atoms in total. The standard InChI is InChI=1S/C18H20F2N2O5/c1-17(27-18(23,24)25)9-22(10-17)16-14(19)6-12(7-21-16)13-5-3-4-11(8-26-2)15(13)20/h3-7,23-25H,8-10H2,1-2H3. The van der Waals surface area contributed by atoms with Gasteiger partial charge in [0.1, 0.15) is 11.4 Å². The van der Waals surface area contributed by atoms with Crippen LogP contribution in [0.5, 0.6) is 0 Å². The largest absolute Gasteiger partial charge is 0.405 e. The highest BCUT2D eigenvalue weighted by Crippen LogP contribution is 2.34. The number of aliphatic hydroxyl groups is 3. The smallest absolute Gasteiger partial charge is 0.380 e. The Labute approximate surface area is 154 Å². The van der Waals surface area contributed by atoms with Gasteiger partial charge in [0.25, 0.3) is 0 Å². The van der Waals surface area contributed by atoms with Crippen molar-refractivity contribution in [2.75, 3.05) is 25.1 Å². The van der Waals surface area contributed by atoms with Gasteiger partial charge in [-0.25, -0.2) is 13.8 Å². The van der Waals surface area contributed by atoms with Crippen LogP contribution in [-0.4, -0.2) is 52.3 Å². The zero-order valence-corrected chi connectivity index (χ0v) is 14.8. The zero-order chi connectivity index (χ0) is 19.8. The highest BCUT2D eigenvalue weighted by molar-refractivity contribution is 5.66. The van der Waals surface area contributed by atoms with Gasteiger partial charge in [0.15, 0.2) is 11.6 Å². The summed E-state index contributed by atoms with van der Waals surface area (Å²) in [4.78, 5) is 5.57. The fourth-order valence-electron chi connectivity index (χ4n) is 3.19. The van der Waals surface area contributed by atoms with E-state index < -0.39 is 23.4 Å². The van der Waals surface area contributed by atoms with Gasteiger partial charge in [0, 0.05) is 30.0 Å². The molecule has 0 spiro atoms. The van der Waals surface area contributed by atoms with Crippen LogP contribution in [0.4, 0.5) is 14.6 Å². The Balaban J connectivity index is 1.79. The number of aromatic nitrogens is 1. The lowest BCUT2D eigenvalue weighted by Crippen LogP contribution is -2.65. The maximum absolute atomic E-state index is 14.5. The van der Waals surface area contributed by atoms with Gasteiger partial charge < -0.3 is 25.0 Å². The monoisotopic (exact) mass is 382 g/mol. The third kappa shape index (κ3) is 4.23. The summed E-state index contributed by atoms with van der Waals surface area (Å²) in [5.41, 5.74) is -0.224. The van der Waals surface area contributed by atoms with Crippen molar-refractivity contribution < 1.29 is 33.6 Å². The Bertz CT molecular complexity index is 835. The van der Waals surface area contributed by atoms with E-state index in [-0.39, 0.29) is 36.6 Å². The van der Waals surface area contributed by atoms with E-state index in [0.29, 0.717) is 5.56 Å². The number of ether oxygens (including phenoxy) is 2. The second kappa shape index (κ2) is 7.10. The molecule has 1 fully saturated rings. The minimum absolute atomic E-state index is 0.0210. The lowest BCUT2D eigenvalue weighted by molar-refractivity contribution is -0.480. The lowest BCUT2D eigenvalue weighted by atomic mass is 9.96. The number of benzene rings is 1. The second-order valence-corrected chi connectivity index (χ2v) is 6.72. The van der Waals surface area contributed by atoms with Crippen molar-refractivity contribution in [2.24, 2.45) is 0 Å². The van der Waals surface area contributed by atoms with E-state index in [2.05, 4.69) is 4.98 Å². The van der Waals surface area contributed by atoms with E-state index >= 15 is 0 Å². The van der Waals surface area contributed by atoms with Crippen molar-refractivity contribution >= 4 is 5.82 Å². The molecule has 9 heteroatoms. The molecular weight excluding hydrogens is 362 g/mol. The normalized spacial score (nSPS) is 16.3. The van der Waals surface area contributed by atoms with Crippen molar-refractivity contribution in [3.63, 3.8) is 0 Å². The first-order valence-electron chi connectivity index (χ1n) is 8.16. The van der Waals surface area contributed by atoms with Crippen LogP contribution in [0.25, 0.3) is 11.1 Å². The number of nitrogens with zero attached hydrogens (tertiary/aromatic N) is 2. The van der Waals surface area contributed by atoms with Gasteiger partial charge in [-0.1, -0.05) is 18.2 Å². The van der Waals surface area contributed by atoms with Crippen molar-refractivity contribution in [1.82, 2.24) is 4.98 Å². The molecule has 0 aliphatic carbocycles. The summed E-state index contributed by atoms with van der Waals surface area (Å²) in [5.74, 6) is -1.13. The molecule has 0 saturated carbocycles. The molecule has 0 atom stereocenters. The van der Waals surface area contributed by atoms with Gasteiger partial charge >= 0.3 is 6.16 Å². The topological polar surface area (TPSA) is 95.3 Å². The van der Waals surface area contributed by atoms with Crippen LogP contribution in [0.2, 0.25) is 0 Å². The van der Waals surface area contributed by atoms with Crippen molar-refractivity contribution in [2.45, 2.75) is 25.3 Å². The molecule has 27 heavy (non-hydrogen) atoms. The Morgan fingerprint density at radius 1 is 1.26 bits per heavy atom.